The number of rotatable bonds is 2. The Kier molecular flexibility index (Phi) is 4.31. The van der Waals surface area contributed by atoms with Gasteiger partial charge in [0.1, 0.15) is 11.4 Å². The van der Waals surface area contributed by atoms with Gasteiger partial charge in [0.15, 0.2) is 0 Å². The number of likely N-dealkylation sites (tertiary alicyclic amines) is 1. The number of carbonyl (C=O) groups is 1. The third kappa shape index (κ3) is 3.75. The van der Waals surface area contributed by atoms with Gasteiger partial charge in [-0.2, -0.15) is 0 Å². The zero-order chi connectivity index (χ0) is 17.3. The number of hydrogen-bond donors (Lipinski definition) is 0. The smallest absolute Gasteiger partial charge is 0.410 e. The molecule has 0 spiro atoms. The lowest BCUT2D eigenvalue weighted by atomic mass is 9.90. The van der Waals surface area contributed by atoms with Crippen molar-refractivity contribution in [2.24, 2.45) is 0 Å². The van der Waals surface area contributed by atoms with Gasteiger partial charge in [-0.05, 0) is 49.6 Å². The highest BCUT2D eigenvalue weighted by atomic mass is 19.1. The predicted molar refractivity (Wildman–Crippen MR) is 92.4 cm³/mol. The minimum atomic E-state index is -0.459. The van der Waals surface area contributed by atoms with Crippen molar-refractivity contribution in [3.8, 4) is 11.1 Å². The SMILES string of the molecule is CC(C)(C)OC(=O)N1CC(c2ccc(-c3ccc(F)cc3)cc2)C1. The molecule has 24 heavy (non-hydrogen) atoms. The van der Waals surface area contributed by atoms with Crippen molar-refractivity contribution in [2.75, 3.05) is 13.1 Å². The Hall–Kier alpha value is -2.36. The van der Waals surface area contributed by atoms with E-state index >= 15 is 0 Å². The Morgan fingerprint density at radius 2 is 1.50 bits per heavy atom. The van der Waals surface area contributed by atoms with Crippen LogP contribution in [0.4, 0.5) is 9.18 Å². The lowest BCUT2D eigenvalue weighted by Crippen LogP contribution is -2.50. The molecular weight excluding hydrogens is 305 g/mol. The van der Waals surface area contributed by atoms with E-state index in [1.54, 1.807) is 17.0 Å². The molecule has 2 aromatic rings. The maximum absolute atomic E-state index is 13.0. The average Bonchev–Trinajstić information content (AvgIpc) is 2.45. The number of halogens is 1. The maximum atomic E-state index is 13.0. The van der Waals surface area contributed by atoms with E-state index < -0.39 is 5.60 Å². The third-order valence-electron chi connectivity index (χ3n) is 4.09. The number of carbonyl (C=O) groups excluding carboxylic acids is 1. The zero-order valence-electron chi connectivity index (χ0n) is 14.3. The fourth-order valence-electron chi connectivity index (χ4n) is 2.76. The van der Waals surface area contributed by atoms with Crippen LogP contribution in [-0.4, -0.2) is 29.7 Å². The largest absolute Gasteiger partial charge is 0.444 e. The van der Waals surface area contributed by atoms with Crippen LogP contribution in [0.2, 0.25) is 0 Å². The van der Waals surface area contributed by atoms with Gasteiger partial charge in [-0.25, -0.2) is 9.18 Å². The Bertz CT molecular complexity index is 711. The highest BCUT2D eigenvalue weighted by Crippen LogP contribution is 2.30. The van der Waals surface area contributed by atoms with E-state index in [1.807, 2.05) is 32.9 Å². The van der Waals surface area contributed by atoms with Crippen molar-refractivity contribution < 1.29 is 13.9 Å². The van der Waals surface area contributed by atoms with Gasteiger partial charge in [0.25, 0.3) is 0 Å². The first-order chi connectivity index (χ1) is 11.3. The van der Waals surface area contributed by atoms with E-state index in [2.05, 4.69) is 12.1 Å². The first kappa shape index (κ1) is 16.5. The highest BCUT2D eigenvalue weighted by Gasteiger charge is 2.34. The Balaban J connectivity index is 1.60. The Labute approximate surface area is 142 Å². The molecule has 0 saturated carbocycles. The second-order valence-corrected chi connectivity index (χ2v) is 7.21. The van der Waals surface area contributed by atoms with Crippen molar-refractivity contribution in [1.82, 2.24) is 4.90 Å². The van der Waals surface area contributed by atoms with E-state index in [0.29, 0.717) is 19.0 Å². The van der Waals surface area contributed by atoms with Crippen molar-refractivity contribution >= 4 is 6.09 Å². The molecule has 0 aromatic heterocycles. The lowest BCUT2D eigenvalue weighted by molar-refractivity contribution is 0.00819. The molecule has 1 saturated heterocycles. The van der Waals surface area contributed by atoms with Crippen LogP contribution in [0.15, 0.2) is 48.5 Å². The van der Waals surface area contributed by atoms with Gasteiger partial charge >= 0.3 is 6.09 Å². The molecule has 0 unspecified atom stereocenters. The molecule has 1 fully saturated rings. The van der Waals surface area contributed by atoms with Crippen LogP contribution < -0.4 is 0 Å². The highest BCUT2D eigenvalue weighted by molar-refractivity contribution is 5.70. The summed E-state index contributed by atoms with van der Waals surface area (Å²) in [6.45, 7) is 6.98. The first-order valence-corrected chi connectivity index (χ1v) is 8.16. The molecule has 0 atom stereocenters. The standard InChI is InChI=1S/C20H22FNO2/c1-20(2,3)24-19(23)22-12-17(13-22)16-6-4-14(5-7-16)15-8-10-18(21)11-9-15/h4-11,17H,12-13H2,1-3H3. The molecule has 126 valence electrons. The average molecular weight is 327 g/mol. The van der Waals surface area contributed by atoms with E-state index in [-0.39, 0.29) is 11.9 Å². The molecule has 1 amide bonds. The summed E-state index contributed by atoms with van der Waals surface area (Å²) in [5.41, 5.74) is 2.80. The number of benzene rings is 2. The summed E-state index contributed by atoms with van der Waals surface area (Å²) in [5, 5.41) is 0. The summed E-state index contributed by atoms with van der Waals surface area (Å²) in [5.74, 6) is 0.117. The van der Waals surface area contributed by atoms with Crippen molar-refractivity contribution in [3.05, 3.63) is 59.9 Å². The summed E-state index contributed by atoms with van der Waals surface area (Å²) >= 11 is 0. The quantitative estimate of drug-likeness (QED) is 0.791. The van der Waals surface area contributed by atoms with Gasteiger partial charge in [-0.15, -0.1) is 0 Å². The topological polar surface area (TPSA) is 29.5 Å². The fraction of sp³-hybridized carbons (Fsp3) is 0.350. The summed E-state index contributed by atoms with van der Waals surface area (Å²) in [4.78, 5) is 13.7. The third-order valence-corrected chi connectivity index (χ3v) is 4.09. The number of nitrogens with zero attached hydrogens (tertiary/aromatic N) is 1. The number of hydrogen-bond acceptors (Lipinski definition) is 2. The molecule has 2 aromatic carbocycles. The van der Waals surface area contributed by atoms with Crippen molar-refractivity contribution in [2.45, 2.75) is 32.3 Å². The Morgan fingerprint density at radius 1 is 1.00 bits per heavy atom. The maximum Gasteiger partial charge on any atom is 0.410 e. The van der Waals surface area contributed by atoms with Crippen LogP contribution in [-0.2, 0) is 4.74 Å². The van der Waals surface area contributed by atoms with Crippen LogP contribution in [0.5, 0.6) is 0 Å². The lowest BCUT2D eigenvalue weighted by Gasteiger charge is -2.40. The molecule has 3 rings (SSSR count). The molecule has 1 aliphatic heterocycles. The minimum Gasteiger partial charge on any atom is -0.444 e. The van der Waals surface area contributed by atoms with E-state index in [0.717, 1.165) is 11.1 Å². The second kappa shape index (κ2) is 6.27. The van der Waals surface area contributed by atoms with Crippen LogP contribution in [0.25, 0.3) is 11.1 Å². The van der Waals surface area contributed by atoms with Gasteiger partial charge < -0.3 is 9.64 Å². The second-order valence-electron chi connectivity index (χ2n) is 7.21. The number of amides is 1. The summed E-state index contributed by atoms with van der Waals surface area (Å²) in [6, 6.07) is 14.7. The predicted octanol–water partition coefficient (Wildman–Crippen LogP) is 4.83. The van der Waals surface area contributed by atoms with E-state index in [9.17, 15) is 9.18 Å². The van der Waals surface area contributed by atoms with Gasteiger partial charge in [-0.1, -0.05) is 36.4 Å². The van der Waals surface area contributed by atoms with E-state index in [4.69, 9.17) is 4.74 Å². The van der Waals surface area contributed by atoms with Gasteiger partial charge in [0.2, 0.25) is 0 Å². The van der Waals surface area contributed by atoms with Crippen LogP contribution >= 0.6 is 0 Å². The molecule has 4 heteroatoms. The Morgan fingerprint density at radius 3 is 2.00 bits per heavy atom. The zero-order valence-corrected chi connectivity index (χ0v) is 14.3. The van der Waals surface area contributed by atoms with Gasteiger partial charge in [0, 0.05) is 19.0 Å². The van der Waals surface area contributed by atoms with Crippen LogP contribution in [0, 0.1) is 5.82 Å². The molecule has 0 aliphatic carbocycles. The summed E-state index contributed by atoms with van der Waals surface area (Å²) in [7, 11) is 0. The normalized spacial score (nSPS) is 15.1. The van der Waals surface area contributed by atoms with Crippen molar-refractivity contribution in [1.29, 1.82) is 0 Å². The molecule has 0 N–H and O–H groups in total. The molecule has 1 aliphatic rings. The molecule has 0 bridgehead atoms. The minimum absolute atomic E-state index is 0.230. The summed E-state index contributed by atoms with van der Waals surface area (Å²) in [6.07, 6.45) is -0.248. The summed E-state index contributed by atoms with van der Waals surface area (Å²) < 4.78 is 18.4. The van der Waals surface area contributed by atoms with Crippen LogP contribution in [0.3, 0.4) is 0 Å². The number of ether oxygens (including phenoxy) is 1. The van der Waals surface area contributed by atoms with E-state index in [1.165, 1.54) is 17.7 Å². The first-order valence-electron chi connectivity index (χ1n) is 8.16. The fourth-order valence-corrected chi connectivity index (χ4v) is 2.76. The van der Waals surface area contributed by atoms with Crippen LogP contribution in [0.1, 0.15) is 32.3 Å². The molecule has 3 nitrogen and oxygen atoms in total. The molecule has 1 heterocycles. The van der Waals surface area contributed by atoms with Gasteiger partial charge in [0.05, 0.1) is 0 Å². The monoisotopic (exact) mass is 327 g/mol. The van der Waals surface area contributed by atoms with Crippen molar-refractivity contribution in [3.63, 3.8) is 0 Å². The molecule has 0 radical (unpaired) electrons. The van der Waals surface area contributed by atoms with Gasteiger partial charge in [-0.3, -0.25) is 0 Å². The molecular formula is C20H22FNO2.